The second-order valence-corrected chi connectivity index (χ2v) is 5.35. The van der Waals surface area contributed by atoms with Crippen LogP contribution in [-0.4, -0.2) is 18.7 Å². The number of anilines is 1. The van der Waals surface area contributed by atoms with E-state index in [1.54, 1.807) is 26.0 Å². The predicted octanol–water partition coefficient (Wildman–Crippen LogP) is 3.12. The van der Waals surface area contributed by atoms with Crippen LogP contribution in [-0.2, 0) is 9.53 Å². The van der Waals surface area contributed by atoms with Crippen molar-refractivity contribution in [2.24, 2.45) is 0 Å². The van der Waals surface area contributed by atoms with Gasteiger partial charge >= 0.3 is 5.97 Å². The van der Waals surface area contributed by atoms with Crippen LogP contribution in [0.5, 0.6) is 5.75 Å². The molecule has 0 spiro atoms. The first-order valence-corrected chi connectivity index (χ1v) is 6.55. The lowest BCUT2D eigenvalue weighted by atomic mass is 10.3. The van der Waals surface area contributed by atoms with Crippen molar-refractivity contribution in [3.63, 3.8) is 0 Å². The molecule has 0 bridgehead atoms. The summed E-state index contributed by atoms with van der Waals surface area (Å²) in [6.45, 7) is 3.43. The highest BCUT2D eigenvalue weighted by atomic mass is 79.9. The number of hydrogen-bond acceptors (Lipinski definition) is 4. The average Bonchev–Trinajstić information content (AvgIpc) is 2.14. The van der Waals surface area contributed by atoms with Crippen molar-refractivity contribution in [1.29, 1.82) is 0 Å². The monoisotopic (exact) mass is 365 g/mol. The molecule has 1 rings (SSSR count). The standard InChI is InChI=1S/C11H13Br2NO3/c1-6(2)17-10(15)5-16-11-8(12)3-7(14)4-9(11)13/h3-4,6H,5,14H2,1-2H3. The Hall–Kier alpha value is -0.750. The summed E-state index contributed by atoms with van der Waals surface area (Å²) >= 11 is 6.62. The van der Waals surface area contributed by atoms with Crippen LogP contribution in [0.3, 0.4) is 0 Å². The van der Waals surface area contributed by atoms with E-state index in [1.165, 1.54) is 0 Å². The molecule has 0 aliphatic rings. The summed E-state index contributed by atoms with van der Waals surface area (Å²) in [4.78, 5) is 11.3. The zero-order valence-corrected chi connectivity index (χ0v) is 12.7. The van der Waals surface area contributed by atoms with Crippen molar-refractivity contribution >= 4 is 43.5 Å². The van der Waals surface area contributed by atoms with E-state index in [2.05, 4.69) is 31.9 Å². The summed E-state index contributed by atoms with van der Waals surface area (Å²) in [5.41, 5.74) is 6.24. The smallest absolute Gasteiger partial charge is 0.344 e. The van der Waals surface area contributed by atoms with E-state index in [0.29, 0.717) is 20.4 Å². The fraction of sp³-hybridized carbons (Fsp3) is 0.364. The molecular formula is C11H13Br2NO3. The topological polar surface area (TPSA) is 61.5 Å². The van der Waals surface area contributed by atoms with E-state index in [9.17, 15) is 4.79 Å². The van der Waals surface area contributed by atoms with Gasteiger partial charge in [-0.05, 0) is 57.8 Å². The highest BCUT2D eigenvalue weighted by molar-refractivity contribution is 9.11. The third-order valence-electron chi connectivity index (χ3n) is 1.72. The highest BCUT2D eigenvalue weighted by Crippen LogP contribution is 2.35. The quantitative estimate of drug-likeness (QED) is 0.656. The number of nitrogen functional groups attached to an aromatic ring is 1. The van der Waals surface area contributed by atoms with Gasteiger partial charge in [-0.15, -0.1) is 0 Å². The Labute approximate surface area is 117 Å². The van der Waals surface area contributed by atoms with Gasteiger partial charge in [0.25, 0.3) is 0 Å². The molecule has 0 atom stereocenters. The molecule has 94 valence electrons. The third kappa shape index (κ3) is 4.55. The molecule has 0 amide bonds. The number of benzene rings is 1. The minimum Gasteiger partial charge on any atom is -0.480 e. The molecule has 0 aliphatic heterocycles. The molecule has 0 saturated carbocycles. The SMILES string of the molecule is CC(C)OC(=O)COc1c(Br)cc(N)cc1Br. The molecule has 17 heavy (non-hydrogen) atoms. The fourth-order valence-corrected chi connectivity index (χ4v) is 2.60. The maximum atomic E-state index is 11.3. The summed E-state index contributed by atoms with van der Waals surface area (Å²) in [6, 6.07) is 3.40. The number of carbonyl (C=O) groups excluding carboxylic acids is 1. The van der Waals surface area contributed by atoms with Gasteiger partial charge in [-0.2, -0.15) is 0 Å². The van der Waals surface area contributed by atoms with Crippen LogP contribution in [0.15, 0.2) is 21.1 Å². The zero-order valence-electron chi connectivity index (χ0n) is 9.50. The second kappa shape index (κ2) is 6.26. The molecule has 1 aromatic carbocycles. The van der Waals surface area contributed by atoms with Crippen molar-refractivity contribution in [3.8, 4) is 5.75 Å². The Morgan fingerprint density at radius 2 is 1.88 bits per heavy atom. The molecular weight excluding hydrogens is 354 g/mol. The Morgan fingerprint density at radius 1 is 1.35 bits per heavy atom. The molecule has 0 saturated heterocycles. The van der Waals surface area contributed by atoms with Gasteiger partial charge in [0.05, 0.1) is 15.0 Å². The molecule has 6 heteroatoms. The summed E-state index contributed by atoms with van der Waals surface area (Å²) in [7, 11) is 0. The van der Waals surface area contributed by atoms with Crippen molar-refractivity contribution < 1.29 is 14.3 Å². The summed E-state index contributed by atoms with van der Waals surface area (Å²) in [5, 5.41) is 0. The predicted molar refractivity (Wildman–Crippen MR) is 73.0 cm³/mol. The number of ether oxygens (including phenoxy) is 2. The van der Waals surface area contributed by atoms with Gasteiger partial charge in [0.1, 0.15) is 5.75 Å². The van der Waals surface area contributed by atoms with E-state index in [4.69, 9.17) is 15.2 Å². The summed E-state index contributed by atoms with van der Waals surface area (Å²) in [6.07, 6.45) is -0.149. The van der Waals surface area contributed by atoms with Crippen LogP contribution in [0.2, 0.25) is 0 Å². The van der Waals surface area contributed by atoms with Gasteiger partial charge in [-0.1, -0.05) is 0 Å². The minimum atomic E-state index is -0.407. The van der Waals surface area contributed by atoms with Crippen LogP contribution in [0.4, 0.5) is 5.69 Å². The number of nitrogens with two attached hydrogens (primary N) is 1. The molecule has 0 heterocycles. The van der Waals surface area contributed by atoms with Crippen LogP contribution >= 0.6 is 31.9 Å². The number of halogens is 2. The highest BCUT2D eigenvalue weighted by Gasteiger charge is 2.11. The molecule has 4 nitrogen and oxygen atoms in total. The van der Waals surface area contributed by atoms with Gasteiger partial charge in [0, 0.05) is 5.69 Å². The third-order valence-corrected chi connectivity index (χ3v) is 2.90. The van der Waals surface area contributed by atoms with Crippen molar-refractivity contribution in [2.45, 2.75) is 20.0 Å². The Kier molecular flexibility index (Phi) is 5.27. The molecule has 2 N–H and O–H groups in total. The normalized spacial score (nSPS) is 10.4. The molecule has 0 radical (unpaired) electrons. The summed E-state index contributed by atoms with van der Waals surface area (Å²) < 4.78 is 11.7. The first kappa shape index (κ1) is 14.3. The van der Waals surface area contributed by atoms with Crippen LogP contribution in [0.25, 0.3) is 0 Å². The average molecular weight is 367 g/mol. The van der Waals surface area contributed by atoms with E-state index in [-0.39, 0.29) is 12.7 Å². The van der Waals surface area contributed by atoms with Crippen LogP contribution in [0, 0.1) is 0 Å². The minimum absolute atomic E-state index is 0.140. The Bertz CT molecular complexity index is 398. The van der Waals surface area contributed by atoms with Crippen molar-refractivity contribution in [1.82, 2.24) is 0 Å². The number of rotatable bonds is 4. The molecule has 1 aromatic rings. The molecule has 0 fully saturated rings. The maximum Gasteiger partial charge on any atom is 0.344 e. The van der Waals surface area contributed by atoms with Crippen molar-refractivity contribution in [3.05, 3.63) is 21.1 Å². The lowest BCUT2D eigenvalue weighted by Gasteiger charge is -2.12. The Balaban J connectivity index is 2.67. The van der Waals surface area contributed by atoms with Gasteiger partial charge in [-0.3, -0.25) is 0 Å². The number of esters is 1. The molecule has 0 aromatic heterocycles. The Morgan fingerprint density at radius 3 is 2.35 bits per heavy atom. The maximum absolute atomic E-state index is 11.3. The van der Waals surface area contributed by atoms with E-state index in [0.717, 1.165) is 0 Å². The van der Waals surface area contributed by atoms with E-state index < -0.39 is 5.97 Å². The van der Waals surface area contributed by atoms with Gasteiger partial charge in [0.15, 0.2) is 6.61 Å². The lowest BCUT2D eigenvalue weighted by Crippen LogP contribution is -2.19. The van der Waals surface area contributed by atoms with Crippen molar-refractivity contribution in [2.75, 3.05) is 12.3 Å². The number of hydrogen-bond donors (Lipinski definition) is 1. The number of carbonyl (C=O) groups is 1. The first-order chi connectivity index (χ1) is 7.90. The van der Waals surface area contributed by atoms with Gasteiger partial charge < -0.3 is 15.2 Å². The molecule has 0 unspecified atom stereocenters. The van der Waals surface area contributed by atoms with Crippen LogP contribution < -0.4 is 10.5 Å². The largest absolute Gasteiger partial charge is 0.480 e. The van der Waals surface area contributed by atoms with Crippen LogP contribution in [0.1, 0.15) is 13.8 Å². The lowest BCUT2D eigenvalue weighted by molar-refractivity contribution is -0.149. The first-order valence-electron chi connectivity index (χ1n) is 4.97. The second-order valence-electron chi connectivity index (χ2n) is 3.64. The fourth-order valence-electron chi connectivity index (χ4n) is 1.15. The van der Waals surface area contributed by atoms with E-state index >= 15 is 0 Å². The zero-order chi connectivity index (χ0) is 13.0. The summed E-state index contributed by atoms with van der Waals surface area (Å²) in [5.74, 6) is 0.121. The van der Waals surface area contributed by atoms with Gasteiger partial charge in [0.2, 0.25) is 0 Å². The molecule has 0 aliphatic carbocycles. The van der Waals surface area contributed by atoms with Gasteiger partial charge in [-0.25, -0.2) is 4.79 Å². The van der Waals surface area contributed by atoms with E-state index in [1.807, 2.05) is 0 Å².